The fraction of sp³-hybridized carbons (Fsp3) is 0.935. The fourth-order valence-electron chi connectivity index (χ4n) is 12.4. The number of amides is 1. The quantitative estimate of drug-likeness (QED) is 0.0721. The summed E-state index contributed by atoms with van der Waals surface area (Å²) in [6.45, 7) is 9.49. The number of rotatable bonds is 25. The largest absolute Gasteiger partial charge is 0.480 e. The Labute approximate surface area is 319 Å². The molecular weight excluding hydrogens is 647 g/mol. The highest BCUT2D eigenvalue weighted by Crippen LogP contribution is 2.68. The highest BCUT2D eigenvalue weighted by atomic mass is 16.5. The summed E-state index contributed by atoms with van der Waals surface area (Å²) in [7, 11) is 0. The van der Waals surface area contributed by atoms with Crippen LogP contribution in [0.4, 0.5) is 0 Å². The number of hydrogen-bond donors (Lipinski definition) is 2. The maximum absolute atomic E-state index is 12.9. The van der Waals surface area contributed by atoms with Crippen molar-refractivity contribution in [2.24, 2.45) is 46.3 Å². The van der Waals surface area contributed by atoms with Crippen molar-refractivity contribution in [1.82, 2.24) is 5.32 Å². The number of fused-ring (bicyclic) bond motifs is 5. The molecule has 4 aliphatic carbocycles. The van der Waals surface area contributed by atoms with Crippen LogP contribution in [0.3, 0.4) is 0 Å². The number of carboxylic acid groups (broad SMARTS) is 1. The summed E-state index contributed by atoms with van der Waals surface area (Å²) in [6, 6.07) is 0. The van der Waals surface area contributed by atoms with E-state index in [9.17, 15) is 14.4 Å². The predicted molar refractivity (Wildman–Crippen MR) is 213 cm³/mol. The monoisotopic (exact) mass is 728 g/mol. The number of carboxylic acids is 1. The number of aliphatic carboxylic acids is 1. The van der Waals surface area contributed by atoms with E-state index in [1.54, 1.807) is 0 Å². The van der Waals surface area contributed by atoms with Crippen LogP contribution < -0.4 is 5.32 Å². The van der Waals surface area contributed by atoms with Crippen molar-refractivity contribution in [3.63, 3.8) is 0 Å². The smallest absolute Gasteiger partial charge is 0.322 e. The van der Waals surface area contributed by atoms with Crippen LogP contribution in [0.2, 0.25) is 0 Å². The fourth-order valence-corrected chi connectivity index (χ4v) is 12.4. The highest BCUT2D eigenvalue weighted by Gasteiger charge is 2.60. The molecule has 0 bridgehead atoms. The number of ether oxygens (including phenoxy) is 1. The van der Waals surface area contributed by atoms with Crippen LogP contribution in [0.15, 0.2) is 0 Å². The predicted octanol–water partition coefficient (Wildman–Crippen LogP) is 12.2. The second-order valence-corrected chi connectivity index (χ2v) is 18.9. The topological polar surface area (TPSA) is 92.7 Å². The van der Waals surface area contributed by atoms with Gasteiger partial charge in [-0.3, -0.25) is 14.4 Å². The SMILES string of the molecule is CCCCCCCCCCCCCCCCCCCC(=O)OC1CCC2(C)C(CCC3C2CCC2(C)C(C(C)CCC(=O)NCC(=O)O)CCC32)C1. The molecule has 4 rings (SSSR count). The maximum Gasteiger partial charge on any atom is 0.322 e. The molecule has 0 aromatic carbocycles. The van der Waals surface area contributed by atoms with Crippen LogP contribution in [-0.2, 0) is 19.1 Å². The van der Waals surface area contributed by atoms with E-state index in [1.165, 1.54) is 141 Å². The third-order valence-electron chi connectivity index (χ3n) is 15.4. The van der Waals surface area contributed by atoms with E-state index in [0.29, 0.717) is 41.4 Å². The average molecular weight is 728 g/mol. The Morgan fingerprint density at radius 1 is 0.692 bits per heavy atom. The first-order valence-electron chi connectivity index (χ1n) is 22.8. The van der Waals surface area contributed by atoms with Crippen molar-refractivity contribution in [1.29, 1.82) is 0 Å². The van der Waals surface area contributed by atoms with Gasteiger partial charge in [-0.25, -0.2) is 0 Å². The van der Waals surface area contributed by atoms with Gasteiger partial charge in [0, 0.05) is 12.8 Å². The molecule has 0 aromatic rings. The van der Waals surface area contributed by atoms with Crippen LogP contribution in [0.1, 0.15) is 214 Å². The van der Waals surface area contributed by atoms with Gasteiger partial charge in [-0.05, 0) is 117 Å². The summed E-state index contributed by atoms with van der Waals surface area (Å²) >= 11 is 0. The molecule has 9 unspecified atom stereocenters. The normalized spacial score (nSPS) is 31.6. The Morgan fingerprint density at radius 3 is 1.85 bits per heavy atom. The third-order valence-corrected chi connectivity index (χ3v) is 15.4. The van der Waals surface area contributed by atoms with E-state index < -0.39 is 5.97 Å². The van der Waals surface area contributed by atoms with Gasteiger partial charge in [0.05, 0.1) is 0 Å². The molecule has 6 heteroatoms. The van der Waals surface area contributed by atoms with Crippen molar-refractivity contribution in [3.05, 3.63) is 0 Å². The molecule has 52 heavy (non-hydrogen) atoms. The molecule has 0 radical (unpaired) electrons. The number of unbranched alkanes of at least 4 members (excludes halogenated alkanes) is 16. The number of nitrogens with one attached hydrogen (secondary N) is 1. The molecule has 0 heterocycles. The Hall–Kier alpha value is -1.59. The molecule has 0 aromatic heterocycles. The summed E-state index contributed by atoms with van der Waals surface area (Å²) in [5.41, 5.74) is 0.715. The second-order valence-electron chi connectivity index (χ2n) is 18.9. The lowest BCUT2D eigenvalue weighted by atomic mass is 9.44. The number of hydrogen-bond acceptors (Lipinski definition) is 4. The molecule has 4 fully saturated rings. The second kappa shape index (κ2) is 22.1. The van der Waals surface area contributed by atoms with Crippen LogP contribution in [0.5, 0.6) is 0 Å². The zero-order chi connectivity index (χ0) is 37.4. The molecule has 0 aliphatic heterocycles. The zero-order valence-corrected chi connectivity index (χ0v) is 34.3. The van der Waals surface area contributed by atoms with E-state index in [2.05, 4.69) is 33.0 Å². The minimum atomic E-state index is -0.988. The molecule has 4 aliphatic rings. The highest BCUT2D eigenvalue weighted by molar-refractivity contribution is 5.81. The molecule has 0 saturated heterocycles. The van der Waals surface area contributed by atoms with Gasteiger partial charge < -0.3 is 15.2 Å². The molecule has 9 atom stereocenters. The van der Waals surface area contributed by atoms with Gasteiger partial charge >= 0.3 is 11.9 Å². The van der Waals surface area contributed by atoms with E-state index in [1.807, 2.05) is 0 Å². The zero-order valence-electron chi connectivity index (χ0n) is 34.3. The maximum atomic E-state index is 12.9. The molecule has 4 saturated carbocycles. The van der Waals surface area contributed by atoms with Gasteiger partial charge in [-0.15, -0.1) is 0 Å². The summed E-state index contributed by atoms with van der Waals surface area (Å²) in [4.78, 5) is 35.9. The minimum Gasteiger partial charge on any atom is -0.480 e. The van der Waals surface area contributed by atoms with Gasteiger partial charge in [-0.1, -0.05) is 130 Å². The van der Waals surface area contributed by atoms with Crippen molar-refractivity contribution in [2.75, 3.05) is 6.54 Å². The van der Waals surface area contributed by atoms with E-state index in [0.717, 1.165) is 49.9 Å². The van der Waals surface area contributed by atoms with Crippen molar-refractivity contribution in [2.45, 2.75) is 220 Å². The van der Waals surface area contributed by atoms with Gasteiger partial charge in [0.1, 0.15) is 12.6 Å². The molecule has 6 nitrogen and oxygen atoms in total. The summed E-state index contributed by atoms with van der Waals surface area (Å²) in [5.74, 6) is 3.07. The first-order valence-corrected chi connectivity index (χ1v) is 22.8. The Kier molecular flexibility index (Phi) is 18.3. The van der Waals surface area contributed by atoms with Crippen LogP contribution >= 0.6 is 0 Å². The lowest BCUT2D eigenvalue weighted by Crippen LogP contribution is -2.54. The summed E-state index contributed by atoms with van der Waals surface area (Å²) < 4.78 is 6.15. The van der Waals surface area contributed by atoms with Crippen molar-refractivity contribution >= 4 is 17.8 Å². The Balaban J connectivity index is 1.06. The molecule has 300 valence electrons. The molecule has 2 N–H and O–H groups in total. The Bertz CT molecular complexity index is 1080. The number of carbonyl (C=O) groups excluding carboxylic acids is 2. The van der Waals surface area contributed by atoms with E-state index >= 15 is 0 Å². The lowest BCUT2D eigenvalue weighted by Gasteiger charge is -2.61. The van der Waals surface area contributed by atoms with Crippen LogP contribution in [-0.4, -0.2) is 35.6 Å². The lowest BCUT2D eigenvalue weighted by molar-refractivity contribution is -0.162. The first-order chi connectivity index (χ1) is 25.1. The van der Waals surface area contributed by atoms with Crippen molar-refractivity contribution in [3.8, 4) is 0 Å². The van der Waals surface area contributed by atoms with Gasteiger partial charge in [0.2, 0.25) is 5.91 Å². The molecule has 1 amide bonds. The van der Waals surface area contributed by atoms with Gasteiger partial charge in [-0.2, -0.15) is 0 Å². The van der Waals surface area contributed by atoms with E-state index in [4.69, 9.17) is 9.84 Å². The third kappa shape index (κ3) is 12.5. The first kappa shape index (κ1) is 43.1. The van der Waals surface area contributed by atoms with Crippen molar-refractivity contribution < 1.29 is 24.2 Å². The van der Waals surface area contributed by atoms with Gasteiger partial charge in [0.25, 0.3) is 0 Å². The number of esters is 1. The standard InChI is InChI=1S/C46H81NO5/c1-5-6-7-8-9-10-11-12-13-14-15-16-17-18-19-20-21-22-44(51)52-37-29-31-45(3)36(33-37)24-25-38-40-27-26-39(46(40,4)32-30-41(38)45)35(2)23-28-42(48)47-34-43(49)50/h35-41H,5-34H2,1-4H3,(H,47,48)(H,49,50). The number of carbonyl (C=O) groups is 3. The molecule has 0 spiro atoms. The van der Waals surface area contributed by atoms with Crippen LogP contribution in [0, 0.1) is 46.3 Å². The van der Waals surface area contributed by atoms with E-state index in [-0.39, 0.29) is 24.5 Å². The van der Waals surface area contributed by atoms with Gasteiger partial charge in [0.15, 0.2) is 0 Å². The molecular formula is C46H81NO5. The van der Waals surface area contributed by atoms with Crippen LogP contribution in [0.25, 0.3) is 0 Å². The Morgan fingerprint density at radius 2 is 1.25 bits per heavy atom. The summed E-state index contributed by atoms with van der Waals surface area (Å²) in [6.07, 6.45) is 36.1. The minimum absolute atomic E-state index is 0.0437. The average Bonchev–Trinajstić information content (AvgIpc) is 3.48. The summed E-state index contributed by atoms with van der Waals surface area (Å²) in [5, 5.41) is 11.4.